The molecule has 0 aromatic carbocycles. The van der Waals surface area contributed by atoms with Gasteiger partial charge in [0.2, 0.25) is 0 Å². The fourth-order valence-corrected chi connectivity index (χ4v) is 4.56. The summed E-state index contributed by atoms with van der Waals surface area (Å²) in [6.07, 6.45) is 3.12. The van der Waals surface area contributed by atoms with Gasteiger partial charge in [0, 0.05) is 17.6 Å². The van der Waals surface area contributed by atoms with Crippen molar-refractivity contribution in [3.05, 3.63) is 16.7 Å². The van der Waals surface area contributed by atoms with E-state index in [0.29, 0.717) is 4.96 Å². The van der Waals surface area contributed by atoms with Gasteiger partial charge in [-0.1, -0.05) is 25.4 Å². The molecular formula is C10H14ClN3O2S2. The lowest BCUT2D eigenvalue weighted by Gasteiger charge is -2.14. The molecule has 0 amide bonds. The molecule has 0 spiro atoms. The first-order valence-electron chi connectivity index (χ1n) is 5.63. The number of nitrogens with one attached hydrogen (secondary N) is 1. The molecule has 8 heteroatoms. The number of aromatic nitrogens is 2. The Morgan fingerprint density at radius 3 is 2.78 bits per heavy atom. The van der Waals surface area contributed by atoms with Crippen LogP contribution in [-0.4, -0.2) is 23.8 Å². The predicted octanol–water partition coefficient (Wildman–Crippen LogP) is 2.52. The monoisotopic (exact) mass is 307 g/mol. The van der Waals surface area contributed by atoms with Crippen LogP contribution in [0.3, 0.4) is 0 Å². The summed E-state index contributed by atoms with van der Waals surface area (Å²) in [5.41, 5.74) is 0. The lowest BCUT2D eigenvalue weighted by molar-refractivity contribution is 0.527. The molecule has 100 valence electrons. The number of hydrogen-bond acceptors (Lipinski definition) is 4. The number of nitrogens with zero attached hydrogens (tertiary/aromatic N) is 2. The third kappa shape index (κ3) is 2.40. The normalized spacial score (nSPS) is 12.7. The first kappa shape index (κ1) is 13.8. The highest BCUT2D eigenvalue weighted by atomic mass is 35.5. The van der Waals surface area contributed by atoms with Crippen molar-refractivity contribution in [2.24, 2.45) is 0 Å². The summed E-state index contributed by atoms with van der Waals surface area (Å²) < 4.78 is 28.8. The van der Waals surface area contributed by atoms with Crippen LogP contribution < -0.4 is 4.72 Å². The molecule has 0 unspecified atom stereocenters. The highest BCUT2D eigenvalue weighted by Crippen LogP contribution is 2.25. The highest BCUT2D eigenvalue weighted by Gasteiger charge is 2.26. The summed E-state index contributed by atoms with van der Waals surface area (Å²) in [4.78, 5) is 4.60. The second kappa shape index (κ2) is 5.16. The van der Waals surface area contributed by atoms with Gasteiger partial charge in [0.1, 0.15) is 0 Å². The van der Waals surface area contributed by atoms with E-state index in [1.165, 1.54) is 15.7 Å². The number of sulfonamides is 1. The zero-order chi connectivity index (χ0) is 13.3. The second-order valence-electron chi connectivity index (χ2n) is 3.90. The lowest BCUT2D eigenvalue weighted by Crippen LogP contribution is -2.34. The van der Waals surface area contributed by atoms with Gasteiger partial charge in [-0.3, -0.25) is 4.40 Å². The molecule has 2 heterocycles. The number of fused-ring (bicyclic) bond motifs is 1. The van der Waals surface area contributed by atoms with Crippen LogP contribution in [0.25, 0.3) is 4.96 Å². The van der Waals surface area contributed by atoms with E-state index < -0.39 is 10.0 Å². The van der Waals surface area contributed by atoms with Crippen LogP contribution in [0.1, 0.15) is 26.7 Å². The van der Waals surface area contributed by atoms with E-state index in [4.69, 9.17) is 11.6 Å². The van der Waals surface area contributed by atoms with Gasteiger partial charge in [0.25, 0.3) is 10.0 Å². The Morgan fingerprint density at radius 2 is 2.17 bits per heavy atom. The number of imidazole rings is 1. The molecule has 0 fully saturated rings. The average molecular weight is 308 g/mol. The Balaban J connectivity index is 2.46. The predicted molar refractivity (Wildman–Crippen MR) is 72.8 cm³/mol. The molecule has 0 aliphatic heterocycles. The lowest BCUT2D eigenvalue weighted by atomic mass is 10.2. The summed E-state index contributed by atoms with van der Waals surface area (Å²) in [6.45, 7) is 3.88. The number of rotatable bonds is 5. The van der Waals surface area contributed by atoms with Crippen LogP contribution in [0, 0.1) is 0 Å². The van der Waals surface area contributed by atoms with Crippen molar-refractivity contribution in [2.75, 3.05) is 0 Å². The molecule has 1 N–H and O–H groups in total. The quantitative estimate of drug-likeness (QED) is 0.923. The SMILES string of the molecule is CCC(CC)NS(=O)(=O)c1c(Cl)nc2sccn12. The Hall–Kier alpha value is -0.630. The standard InChI is InChI=1S/C10H14ClN3O2S2/c1-3-7(4-2)13-18(15,16)9-8(11)12-10-14(9)5-6-17-10/h5-7,13H,3-4H2,1-2H3. The van der Waals surface area contributed by atoms with Gasteiger partial charge in [-0.15, -0.1) is 11.3 Å². The minimum atomic E-state index is -3.64. The van der Waals surface area contributed by atoms with Crippen molar-refractivity contribution in [2.45, 2.75) is 37.8 Å². The van der Waals surface area contributed by atoms with Gasteiger partial charge in [0.15, 0.2) is 15.1 Å². The molecule has 0 bridgehead atoms. The molecule has 2 aromatic heterocycles. The molecule has 2 rings (SSSR count). The van der Waals surface area contributed by atoms with Crippen LogP contribution in [0.4, 0.5) is 0 Å². The molecule has 0 radical (unpaired) electrons. The molecule has 0 saturated carbocycles. The fraction of sp³-hybridized carbons (Fsp3) is 0.500. The fourth-order valence-electron chi connectivity index (χ4n) is 1.71. The van der Waals surface area contributed by atoms with Gasteiger partial charge in [-0.25, -0.2) is 18.1 Å². The van der Waals surface area contributed by atoms with Crippen molar-refractivity contribution in [1.82, 2.24) is 14.1 Å². The van der Waals surface area contributed by atoms with Gasteiger partial charge in [-0.2, -0.15) is 0 Å². The summed E-state index contributed by atoms with van der Waals surface area (Å²) in [5.74, 6) is 0. The van der Waals surface area contributed by atoms with Crippen LogP contribution in [0.2, 0.25) is 5.15 Å². The maximum atomic E-state index is 12.3. The van der Waals surface area contributed by atoms with E-state index in [-0.39, 0.29) is 16.2 Å². The summed E-state index contributed by atoms with van der Waals surface area (Å²) in [7, 11) is -3.64. The van der Waals surface area contributed by atoms with Crippen LogP contribution in [0.15, 0.2) is 16.6 Å². The summed E-state index contributed by atoms with van der Waals surface area (Å²) in [5, 5.41) is 1.81. The first-order valence-corrected chi connectivity index (χ1v) is 8.37. The minimum absolute atomic E-state index is 0.0142. The van der Waals surface area contributed by atoms with Crippen LogP contribution >= 0.6 is 22.9 Å². The van der Waals surface area contributed by atoms with Crippen molar-refractivity contribution >= 4 is 37.9 Å². The number of hydrogen-bond donors (Lipinski definition) is 1. The van der Waals surface area contributed by atoms with Gasteiger partial charge < -0.3 is 0 Å². The largest absolute Gasteiger partial charge is 0.279 e. The van der Waals surface area contributed by atoms with Gasteiger partial charge in [0.05, 0.1) is 0 Å². The molecule has 2 aromatic rings. The maximum absolute atomic E-state index is 12.3. The summed E-state index contributed by atoms with van der Waals surface area (Å²) in [6, 6.07) is -0.0877. The zero-order valence-electron chi connectivity index (χ0n) is 10.1. The van der Waals surface area contributed by atoms with E-state index in [1.54, 1.807) is 11.6 Å². The molecule has 0 saturated heterocycles. The van der Waals surface area contributed by atoms with Crippen LogP contribution in [0.5, 0.6) is 0 Å². The van der Waals surface area contributed by atoms with Gasteiger partial charge >= 0.3 is 0 Å². The van der Waals surface area contributed by atoms with E-state index >= 15 is 0 Å². The Kier molecular flexibility index (Phi) is 3.96. The Labute approximate surface area is 115 Å². The molecule has 0 aliphatic rings. The number of halogens is 1. The Morgan fingerprint density at radius 1 is 1.50 bits per heavy atom. The van der Waals surface area contributed by atoms with E-state index in [0.717, 1.165) is 12.8 Å². The molecule has 0 aliphatic carbocycles. The zero-order valence-corrected chi connectivity index (χ0v) is 12.4. The van der Waals surface area contributed by atoms with Crippen molar-refractivity contribution in [3.63, 3.8) is 0 Å². The van der Waals surface area contributed by atoms with E-state index in [2.05, 4.69) is 9.71 Å². The highest BCUT2D eigenvalue weighted by molar-refractivity contribution is 7.89. The molecular weight excluding hydrogens is 294 g/mol. The van der Waals surface area contributed by atoms with Crippen molar-refractivity contribution in [1.29, 1.82) is 0 Å². The first-order chi connectivity index (χ1) is 8.49. The van der Waals surface area contributed by atoms with Crippen molar-refractivity contribution < 1.29 is 8.42 Å². The second-order valence-corrected chi connectivity index (χ2v) is 6.76. The maximum Gasteiger partial charge on any atom is 0.260 e. The number of thiazole rings is 1. The van der Waals surface area contributed by atoms with Gasteiger partial charge in [-0.05, 0) is 12.8 Å². The minimum Gasteiger partial charge on any atom is -0.279 e. The third-order valence-corrected chi connectivity index (χ3v) is 5.42. The Bertz CT molecular complexity index is 643. The van der Waals surface area contributed by atoms with Crippen LogP contribution in [-0.2, 0) is 10.0 Å². The van der Waals surface area contributed by atoms with E-state index in [9.17, 15) is 8.42 Å². The average Bonchev–Trinajstić information content (AvgIpc) is 2.84. The summed E-state index contributed by atoms with van der Waals surface area (Å²) >= 11 is 7.26. The molecule has 18 heavy (non-hydrogen) atoms. The molecule has 0 atom stereocenters. The molecule has 5 nitrogen and oxygen atoms in total. The third-order valence-electron chi connectivity index (χ3n) is 2.74. The van der Waals surface area contributed by atoms with E-state index in [1.807, 2.05) is 13.8 Å². The smallest absolute Gasteiger partial charge is 0.260 e. The topological polar surface area (TPSA) is 63.5 Å². The van der Waals surface area contributed by atoms with Crippen molar-refractivity contribution in [3.8, 4) is 0 Å².